The molecule has 16 heavy (non-hydrogen) atoms. The molecule has 3 nitrogen and oxygen atoms in total. The molecule has 0 spiro atoms. The van der Waals surface area contributed by atoms with Gasteiger partial charge in [0.05, 0.1) is 17.5 Å². The largest absolute Gasteiger partial charge is 0.351 e. The van der Waals surface area contributed by atoms with Crippen LogP contribution in [0.5, 0.6) is 0 Å². The number of amides is 1. The number of nitrogens with one attached hydrogen (secondary N) is 1. The fourth-order valence-electron chi connectivity index (χ4n) is 1.02. The maximum atomic E-state index is 13.1. The molecule has 84 valence electrons. The van der Waals surface area contributed by atoms with Crippen molar-refractivity contribution >= 4 is 17.7 Å². The number of aromatic nitrogens is 1. The molecule has 0 aliphatic rings. The quantitative estimate of drug-likeness (QED) is 0.621. The van der Waals surface area contributed by atoms with E-state index in [0.29, 0.717) is 18.1 Å². The summed E-state index contributed by atoms with van der Waals surface area (Å²) in [6, 6.07) is 1.35. The van der Waals surface area contributed by atoms with E-state index in [1.807, 2.05) is 0 Å². The standard InChI is InChI=1S/C11H11FN2OS/c1-2-6-16-7-5-14-11(15)9-3-4-13-8-10(9)12/h1,3-4,8H,5-7H2,(H,14,15). The van der Waals surface area contributed by atoms with Gasteiger partial charge in [0.15, 0.2) is 5.82 Å². The minimum Gasteiger partial charge on any atom is -0.351 e. The van der Waals surface area contributed by atoms with Crippen LogP contribution in [0.3, 0.4) is 0 Å². The van der Waals surface area contributed by atoms with E-state index in [-0.39, 0.29) is 5.56 Å². The molecular formula is C11H11FN2OS. The van der Waals surface area contributed by atoms with Crippen molar-refractivity contribution in [2.45, 2.75) is 0 Å². The van der Waals surface area contributed by atoms with Crippen LogP contribution in [0.15, 0.2) is 18.5 Å². The number of nitrogens with zero attached hydrogens (tertiary/aromatic N) is 1. The van der Waals surface area contributed by atoms with Crippen LogP contribution in [0, 0.1) is 18.2 Å². The molecule has 0 unspecified atom stereocenters. The number of pyridine rings is 1. The minimum absolute atomic E-state index is 0.0111. The van der Waals surface area contributed by atoms with Gasteiger partial charge >= 0.3 is 0 Å². The zero-order valence-electron chi connectivity index (χ0n) is 8.57. The first kappa shape index (κ1) is 12.5. The third-order valence-corrected chi connectivity index (χ3v) is 2.60. The Morgan fingerprint density at radius 1 is 1.69 bits per heavy atom. The van der Waals surface area contributed by atoms with Crippen molar-refractivity contribution < 1.29 is 9.18 Å². The SMILES string of the molecule is C#CCSCCNC(=O)c1ccncc1F. The van der Waals surface area contributed by atoms with Gasteiger partial charge in [0.2, 0.25) is 0 Å². The van der Waals surface area contributed by atoms with Gasteiger partial charge in [-0.15, -0.1) is 18.2 Å². The van der Waals surface area contributed by atoms with Gasteiger partial charge in [0.25, 0.3) is 5.91 Å². The molecule has 1 heterocycles. The van der Waals surface area contributed by atoms with Crippen LogP contribution in [0.2, 0.25) is 0 Å². The molecular weight excluding hydrogens is 227 g/mol. The van der Waals surface area contributed by atoms with Crippen LogP contribution in [0.25, 0.3) is 0 Å². The first-order chi connectivity index (χ1) is 7.75. The Kier molecular flexibility index (Phi) is 5.37. The predicted octanol–water partition coefficient (Wildman–Crippen LogP) is 1.32. The van der Waals surface area contributed by atoms with E-state index in [2.05, 4.69) is 16.2 Å². The summed E-state index contributed by atoms with van der Waals surface area (Å²) in [5.41, 5.74) is 0.0111. The van der Waals surface area contributed by atoms with Crippen molar-refractivity contribution in [3.05, 3.63) is 29.8 Å². The lowest BCUT2D eigenvalue weighted by molar-refractivity contribution is 0.0952. The predicted molar refractivity (Wildman–Crippen MR) is 62.7 cm³/mol. The van der Waals surface area contributed by atoms with E-state index in [4.69, 9.17) is 6.42 Å². The monoisotopic (exact) mass is 238 g/mol. The summed E-state index contributed by atoms with van der Waals surface area (Å²) < 4.78 is 13.1. The topological polar surface area (TPSA) is 42.0 Å². The third kappa shape index (κ3) is 3.91. The van der Waals surface area contributed by atoms with Crippen LogP contribution in [-0.4, -0.2) is 28.9 Å². The first-order valence-electron chi connectivity index (χ1n) is 4.64. The average Bonchev–Trinajstić information content (AvgIpc) is 2.29. The van der Waals surface area contributed by atoms with Crippen molar-refractivity contribution in [2.75, 3.05) is 18.1 Å². The second-order valence-electron chi connectivity index (χ2n) is 2.87. The molecule has 0 aromatic carbocycles. The number of carbonyl (C=O) groups is 1. The Morgan fingerprint density at radius 2 is 2.50 bits per heavy atom. The van der Waals surface area contributed by atoms with E-state index >= 15 is 0 Å². The molecule has 1 aromatic heterocycles. The summed E-state index contributed by atoms with van der Waals surface area (Å²) in [5, 5.41) is 2.60. The molecule has 0 fully saturated rings. The number of rotatable bonds is 5. The molecule has 1 N–H and O–H groups in total. The second-order valence-corrected chi connectivity index (χ2v) is 3.97. The Bertz CT molecular complexity index is 403. The maximum absolute atomic E-state index is 13.1. The van der Waals surface area contributed by atoms with Gasteiger partial charge in [-0.25, -0.2) is 4.39 Å². The van der Waals surface area contributed by atoms with E-state index in [9.17, 15) is 9.18 Å². The lowest BCUT2D eigenvalue weighted by Crippen LogP contribution is -2.26. The highest BCUT2D eigenvalue weighted by atomic mass is 32.2. The lowest BCUT2D eigenvalue weighted by atomic mass is 10.2. The fraction of sp³-hybridized carbons (Fsp3) is 0.273. The van der Waals surface area contributed by atoms with E-state index in [1.54, 1.807) is 0 Å². The van der Waals surface area contributed by atoms with Crippen LogP contribution in [0.4, 0.5) is 4.39 Å². The van der Waals surface area contributed by atoms with Crippen molar-refractivity contribution in [2.24, 2.45) is 0 Å². The molecule has 5 heteroatoms. The van der Waals surface area contributed by atoms with Gasteiger partial charge in [0.1, 0.15) is 0 Å². The van der Waals surface area contributed by atoms with Gasteiger partial charge < -0.3 is 5.32 Å². The van der Waals surface area contributed by atoms with Gasteiger partial charge in [0, 0.05) is 18.5 Å². The Hall–Kier alpha value is -1.54. The van der Waals surface area contributed by atoms with Crippen molar-refractivity contribution in [3.8, 4) is 12.3 Å². The first-order valence-corrected chi connectivity index (χ1v) is 5.80. The maximum Gasteiger partial charge on any atom is 0.254 e. The number of hydrogen-bond donors (Lipinski definition) is 1. The van der Waals surface area contributed by atoms with E-state index < -0.39 is 11.7 Å². The fourth-order valence-corrected chi connectivity index (χ4v) is 1.53. The van der Waals surface area contributed by atoms with Gasteiger partial charge in [-0.2, -0.15) is 0 Å². The number of halogens is 1. The molecule has 0 saturated carbocycles. The summed E-state index contributed by atoms with van der Waals surface area (Å²) in [5.74, 6) is 2.76. The van der Waals surface area contributed by atoms with E-state index in [0.717, 1.165) is 6.20 Å². The van der Waals surface area contributed by atoms with Crippen molar-refractivity contribution in [1.82, 2.24) is 10.3 Å². The van der Waals surface area contributed by atoms with Gasteiger partial charge in [-0.3, -0.25) is 9.78 Å². The zero-order valence-corrected chi connectivity index (χ0v) is 9.39. The number of thioether (sulfide) groups is 1. The van der Waals surface area contributed by atoms with Crippen LogP contribution >= 0.6 is 11.8 Å². The van der Waals surface area contributed by atoms with E-state index in [1.165, 1.54) is 24.0 Å². The molecule has 1 aromatic rings. The highest BCUT2D eigenvalue weighted by Crippen LogP contribution is 2.04. The minimum atomic E-state index is -0.615. The van der Waals surface area contributed by atoms with Crippen molar-refractivity contribution in [3.63, 3.8) is 0 Å². The van der Waals surface area contributed by atoms with Crippen LogP contribution in [-0.2, 0) is 0 Å². The number of hydrogen-bond acceptors (Lipinski definition) is 3. The molecule has 0 atom stereocenters. The summed E-state index contributed by atoms with van der Waals surface area (Å²) in [6.07, 6.45) is 7.46. The molecule has 0 bridgehead atoms. The summed E-state index contributed by atoms with van der Waals surface area (Å²) in [4.78, 5) is 15.0. The molecule has 1 rings (SSSR count). The molecule has 0 aliphatic heterocycles. The summed E-state index contributed by atoms with van der Waals surface area (Å²) in [6.45, 7) is 0.465. The molecule has 0 radical (unpaired) electrons. The second kappa shape index (κ2) is 6.85. The zero-order chi connectivity index (χ0) is 11.8. The number of terminal acetylenes is 1. The molecule has 0 saturated heterocycles. The Morgan fingerprint density at radius 3 is 3.19 bits per heavy atom. The number of carbonyl (C=O) groups excluding carboxylic acids is 1. The molecule has 1 amide bonds. The lowest BCUT2D eigenvalue weighted by Gasteiger charge is -2.04. The molecule has 0 aliphatic carbocycles. The van der Waals surface area contributed by atoms with Gasteiger partial charge in [-0.1, -0.05) is 5.92 Å². The summed E-state index contributed by atoms with van der Waals surface area (Å²) >= 11 is 1.54. The average molecular weight is 238 g/mol. The van der Waals surface area contributed by atoms with Gasteiger partial charge in [-0.05, 0) is 6.07 Å². The smallest absolute Gasteiger partial charge is 0.254 e. The highest BCUT2D eigenvalue weighted by molar-refractivity contribution is 7.99. The Balaban J connectivity index is 2.36. The van der Waals surface area contributed by atoms with Crippen LogP contribution < -0.4 is 5.32 Å². The summed E-state index contributed by atoms with van der Waals surface area (Å²) in [7, 11) is 0. The highest BCUT2D eigenvalue weighted by Gasteiger charge is 2.09. The normalized spacial score (nSPS) is 9.50. The van der Waals surface area contributed by atoms with Crippen LogP contribution in [0.1, 0.15) is 10.4 Å². The van der Waals surface area contributed by atoms with Crippen molar-refractivity contribution in [1.29, 1.82) is 0 Å². The third-order valence-electron chi connectivity index (χ3n) is 1.73. The Labute approximate surface area is 97.8 Å².